The Morgan fingerprint density at radius 2 is 1.56 bits per heavy atom. The molecule has 2 rings (SSSR count). The Labute approximate surface area is 110 Å². The first-order valence-corrected chi connectivity index (χ1v) is 7.49. The molecule has 2 aromatic rings. The van der Waals surface area contributed by atoms with Crippen LogP contribution in [0.5, 0.6) is 0 Å². The number of carbonyl (C=O) groups excluding carboxylic acids is 1. The van der Waals surface area contributed by atoms with Crippen LogP contribution in [0.3, 0.4) is 0 Å². The first kappa shape index (κ1) is 11.7. The minimum atomic E-state index is -0.796. The maximum absolute atomic E-state index is 11.9. The van der Waals surface area contributed by atoms with E-state index in [1.54, 1.807) is 24.3 Å². The molecule has 0 aliphatic heterocycles. The standard InChI is InChI=1S/C13H9ClOTe/c14-11-8-6-10(7-9-11)13(15)16-12-4-2-1-3-5-12/h1-9H. The summed E-state index contributed by atoms with van der Waals surface area (Å²) in [6.45, 7) is 0. The van der Waals surface area contributed by atoms with Crippen LogP contribution in [0.1, 0.15) is 10.4 Å². The van der Waals surface area contributed by atoms with Gasteiger partial charge in [-0.1, -0.05) is 0 Å². The summed E-state index contributed by atoms with van der Waals surface area (Å²) in [5, 5.41) is 0.664. The Kier molecular flexibility index (Phi) is 4.01. The number of hydrogen-bond acceptors (Lipinski definition) is 1. The summed E-state index contributed by atoms with van der Waals surface area (Å²) in [7, 11) is 0. The molecule has 0 bridgehead atoms. The molecule has 2 aromatic carbocycles. The van der Waals surface area contributed by atoms with Crippen LogP contribution in [0, 0.1) is 0 Å². The predicted octanol–water partition coefficient (Wildman–Crippen LogP) is 2.51. The third-order valence-corrected chi connectivity index (χ3v) is 4.94. The van der Waals surface area contributed by atoms with Gasteiger partial charge in [-0.2, -0.15) is 0 Å². The van der Waals surface area contributed by atoms with E-state index in [1.165, 1.54) is 0 Å². The molecule has 0 aromatic heterocycles. The van der Waals surface area contributed by atoms with Crippen LogP contribution < -0.4 is 3.61 Å². The van der Waals surface area contributed by atoms with Crippen molar-refractivity contribution >= 4 is 40.0 Å². The van der Waals surface area contributed by atoms with Gasteiger partial charge in [-0.15, -0.1) is 0 Å². The first-order chi connectivity index (χ1) is 7.75. The Balaban J connectivity index is 2.12. The molecular formula is C13H9ClOTe. The Morgan fingerprint density at radius 1 is 0.938 bits per heavy atom. The van der Waals surface area contributed by atoms with Crippen LogP contribution in [0.4, 0.5) is 0 Å². The van der Waals surface area contributed by atoms with Gasteiger partial charge in [0.2, 0.25) is 0 Å². The van der Waals surface area contributed by atoms with Crippen LogP contribution >= 0.6 is 11.6 Å². The summed E-state index contributed by atoms with van der Waals surface area (Å²) in [6.07, 6.45) is 0. The molecule has 80 valence electrons. The van der Waals surface area contributed by atoms with Crippen molar-refractivity contribution < 1.29 is 4.79 Å². The Morgan fingerprint density at radius 3 is 2.19 bits per heavy atom. The van der Waals surface area contributed by atoms with Gasteiger partial charge in [-0.3, -0.25) is 0 Å². The van der Waals surface area contributed by atoms with Crippen molar-refractivity contribution in [3.8, 4) is 0 Å². The number of halogens is 1. The molecule has 0 amide bonds. The van der Waals surface area contributed by atoms with Gasteiger partial charge < -0.3 is 0 Å². The van der Waals surface area contributed by atoms with Crippen LogP contribution in [0.15, 0.2) is 54.6 Å². The van der Waals surface area contributed by atoms with Crippen molar-refractivity contribution in [3.63, 3.8) is 0 Å². The molecule has 0 unspecified atom stereocenters. The van der Waals surface area contributed by atoms with Gasteiger partial charge in [0.25, 0.3) is 0 Å². The molecule has 0 aliphatic carbocycles. The third-order valence-electron chi connectivity index (χ3n) is 2.03. The van der Waals surface area contributed by atoms with Crippen LogP contribution in [-0.2, 0) is 0 Å². The van der Waals surface area contributed by atoms with Gasteiger partial charge in [0.05, 0.1) is 0 Å². The number of carbonyl (C=O) groups is 1. The molecule has 0 heterocycles. The van der Waals surface area contributed by atoms with Crippen molar-refractivity contribution in [2.75, 3.05) is 0 Å². The minimum absolute atomic E-state index is 0.244. The third kappa shape index (κ3) is 3.09. The van der Waals surface area contributed by atoms with Gasteiger partial charge in [0.1, 0.15) is 0 Å². The van der Waals surface area contributed by atoms with E-state index in [0.717, 1.165) is 9.17 Å². The summed E-state index contributed by atoms with van der Waals surface area (Å²) < 4.78 is 1.40. The number of benzene rings is 2. The van der Waals surface area contributed by atoms with E-state index in [0.29, 0.717) is 5.02 Å². The Hall–Kier alpha value is -0.810. The van der Waals surface area contributed by atoms with Gasteiger partial charge in [0, 0.05) is 0 Å². The van der Waals surface area contributed by atoms with E-state index < -0.39 is 20.9 Å². The van der Waals surface area contributed by atoms with Crippen LogP contribution in [-0.4, -0.2) is 24.8 Å². The fourth-order valence-corrected chi connectivity index (χ4v) is 3.54. The van der Waals surface area contributed by atoms with Crippen molar-refractivity contribution in [3.05, 3.63) is 65.2 Å². The number of hydrogen-bond donors (Lipinski definition) is 0. The van der Waals surface area contributed by atoms with Gasteiger partial charge in [-0.25, -0.2) is 0 Å². The fraction of sp³-hybridized carbons (Fsp3) is 0. The molecule has 0 N–H and O–H groups in total. The number of rotatable bonds is 3. The van der Waals surface area contributed by atoms with E-state index in [9.17, 15) is 4.79 Å². The molecule has 3 heteroatoms. The van der Waals surface area contributed by atoms with E-state index >= 15 is 0 Å². The van der Waals surface area contributed by atoms with Crippen molar-refractivity contribution in [1.29, 1.82) is 0 Å². The second-order valence-electron chi connectivity index (χ2n) is 3.21. The summed E-state index contributed by atoms with van der Waals surface area (Å²) in [5.41, 5.74) is 0.760. The molecule has 16 heavy (non-hydrogen) atoms. The molecule has 0 saturated carbocycles. The average Bonchev–Trinajstić information content (AvgIpc) is 2.31. The van der Waals surface area contributed by atoms with Gasteiger partial charge >= 0.3 is 110 Å². The maximum atomic E-state index is 11.9. The topological polar surface area (TPSA) is 17.1 Å². The van der Waals surface area contributed by atoms with E-state index in [-0.39, 0.29) is 3.83 Å². The molecule has 0 aliphatic rings. The molecule has 0 atom stereocenters. The first-order valence-electron chi connectivity index (χ1n) is 4.78. The summed E-state index contributed by atoms with van der Waals surface area (Å²) in [6, 6.07) is 17.0. The SMILES string of the molecule is O=C([Te]c1ccccc1)c1ccc(Cl)cc1. The molecule has 0 spiro atoms. The van der Waals surface area contributed by atoms with Crippen molar-refractivity contribution in [2.24, 2.45) is 0 Å². The second kappa shape index (κ2) is 5.50. The normalized spacial score (nSPS) is 10.1. The zero-order valence-electron chi connectivity index (χ0n) is 8.39. The monoisotopic (exact) mass is 346 g/mol. The molecule has 0 radical (unpaired) electrons. The van der Waals surface area contributed by atoms with E-state index in [2.05, 4.69) is 0 Å². The summed E-state index contributed by atoms with van der Waals surface area (Å²) in [5.74, 6) is 0. The van der Waals surface area contributed by atoms with Gasteiger partial charge in [-0.05, 0) is 0 Å². The summed E-state index contributed by atoms with van der Waals surface area (Å²) in [4.78, 5) is 11.9. The van der Waals surface area contributed by atoms with E-state index in [1.807, 2.05) is 30.3 Å². The Bertz CT molecular complexity index is 479. The predicted molar refractivity (Wildman–Crippen MR) is 67.6 cm³/mol. The van der Waals surface area contributed by atoms with Crippen LogP contribution in [0.2, 0.25) is 5.02 Å². The van der Waals surface area contributed by atoms with Gasteiger partial charge in [0.15, 0.2) is 0 Å². The molecular weight excluding hydrogens is 335 g/mol. The molecule has 0 fully saturated rings. The van der Waals surface area contributed by atoms with E-state index in [4.69, 9.17) is 11.6 Å². The molecule has 1 nitrogen and oxygen atoms in total. The average molecular weight is 344 g/mol. The van der Waals surface area contributed by atoms with Crippen molar-refractivity contribution in [1.82, 2.24) is 0 Å². The second-order valence-corrected chi connectivity index (χ2v) is 6.63. The summed E-state index contributed by atoms with van der Waals surface area (Å²) >= 11 is 4.98. The van der Waals surface area contributed by atoms with Crippen molar-refractivity contribution in [2.45, 2.75) is 0 Å². The molecule has 0 saturated heterocycles. The quantitative estimate of drug-likeness (QED) is 0.782. The van der Waals surface area contributed by atoms with Crippen LogP contribution in [0.25, 0.3) is 0 Å². The zero-order chi connectivity index (χ0) is 11.4. The fourth-order valence-electron chi connectivity index (χ4n) is 1.24. The zero-order valence-corrected chi connectivity index (χ0v) is 11.5.